The molecule has 5 nitrogen and oxygen atoms in total. The molecule has 0 heterocycles. The number of carbonyl (C=O) groups excluding carboxylic acids is 2. The third kappa shape index (κ3) is 4.79. The van der Waals surface area contributed by atoms with E-state index in [1.165, 1.54) is 14.0 Å². The van der Waals surface area contributed by atoms with Crippen LogP contribution in [0.4, 0.5) is 5.69 Å². The fraction of sp³-hybridized carbons (Fsp3) is 0.385. The van der Waals surface area contributed by atoms with Gasteiger partial charge in [-0.2, -0.15) is 0 Å². The Morgan fingerprint density at radius 2 is 2.11 bits per heavy atom. The Morgan fingerprint density at radius 3 is 2.68 bits per heavy atom. The van der Waals surface area contributed by atoms with Crippen LogP contribution in [-0.4, -0.2) is 31.6 Å². The molecule has 0 aromatic heterocycles. The van der Waals surface area contributed by atoms with Gasteiger partial charge in [0.05, 0.1) is 7.11 Å². The lowest BCUT2D eigenvalue weighted by Crippen LogP contribution is -2.45. The van der Waals surface area contributed by atoms with Crippen molar-refractivity contribution in [2.75, 3.05) is 19.0 Å². The molecule has 1 aromatic rings. The summed E-state index contributed by atoms with van der Waals surface area (Å²) in [7, 11) is 1.28. The first-order chi connectivity index (χ1) is 8.93. The van der Waals surface area contributed by atoms with Gasteiger partial charge in [-0.3, -0.25) is 4.79 Å². The van der Waals surface area contributed by atoms with Crippen LogP contribution >= 0.6 is 11.6 Å². The van der Waals surface area contributed by atoms with Crippen LogP contribution in [0.3, 0.4) is 0 Å². The van der Waals surface area contributed by atoms with E-state index in [0.29, 0.717) is 5.02 Å². The summed E-state index contributed by atoms with van der Waals surface area (Å²) in [5.74, 6) is -0.789. The zero-order valence-electron chi connectivity index (χ0n) is 11.1. The predicted octanol–water partition coefficient (Wildman–Crippen LogP) is 1.74. The first-order valence-corrected chi connectivity index (χ1v) is 6.16. The maximum Gasteiger partial charge on any atom is 0.330 e. The molecular weight excluding hydrogens is 268 g/mol. The van der Waals surface area contributed by atoms with E-state index in [4.69, 9.17) is 11.6 Å². The summed E-state index contributed by atoms with van der Waals surface area (Å²) in [6.45, 7) is 3.50. The van der Waals surface area contributed by atoms with Gasteiger partial charge < -0.3 is 15.4 Å². The number of methoxy groups -OCH3 is 1. The molecule has 1 rings (SSSR count). The first-order valence-electron chi connectivity index (χ1n) is 5.79. The van der Waals surface area contributed by atoms with Crippen LogP contribution in [0.1, 0.15) is 12.5 Å². The molecule has 0 aliphatic carbocycles. The molecule has 0 aliphatic rings. The Labute approximate surface area is 117 Å². The van der Waals surface area contributed by atoms with Gasteiger partial charge in [-0.25, -0.2) is 4.79 Å². The molecule has 0 radical (unpaired) electrons. The molecule has 0 saturated carbocycles. The lowest BCUT2D eigenvalue weighted by Gasteiger charge is -2.17. The number of hydrogen-bond donors (Lipinski definition) is 2. The highest BCUT2D eigenvalue weighted by Gasteiger charge is 2.19. The largest absolute Gasteiger partial charge is 0.467 e. The summed E-state index contributed by atoms with van der Waals surface area (Å²) in [5, 5.41) is 6.20. The normalized spacial score (nSPS) is 11.6. The molecule has 0 aliphatic heterocycles. The SMILES string of the molecule is COC(=O)C(CNc1cc(Cl)ccc1C)NC(C)=O. The summed E-state index contributed by atoms with van der Waals surface area (Å²) in [6.07, 6.45) is 0. The van der Waals surface area contributed by atoms with Gasteiger partial charge in [-0.1, -0.05) is 17.7 Å². The number of amides is 1. The Bertz CT molecular complexity index is 477. The van der Waals surface area contributed by atoms with Crippen molar-refractivity contribution >= 4 is 29.2 Å². The topological polar surface area (TPSA) is 67.4 Å². The van der Waals surface area contributed by atoms with Crippen molar-refractivity contribution in [3.8, 4) is 0 Å². The number of esters is 1. The highest BCUT2D eigenvalue weighted by Crippen LogP contribution is 2.19. The number of benzene rings is 1. The average Bonchev–Trinajstić information content (AvgIpc) is 2.36. The van der Waals surface area contributed by atoms with Gasteiger partial charge >= 0.3 is 5.97 Å². The number of carbonyl (C=O) groups is 2. The number of halogens is 1. The Morgan fingerprint density at radius 1 is 1.42 bits per heavy atom. The van der Waals surface area contributed by atoms with E-state index in [1.807, 2.05) is 13.0 Å². The molecule has 0 saturated heterocycles. The average molecular weight is 285 g/mol. The van der Waals surface area contributed by atoms with Crippen molar-refractivity contribution in [3.63, 3.8) is 0 Å². The fourth-order valence-electron chi connectivity index (χ4n) is 1.58. The summed E-state index contributed by atoms with van der Waals surface area (Å²) in [5.41, 5.74) is 1.81. The number of ether oxygens (including phenoxy) is 1. The molecular formula is C13H17ClN2O3. The molecule has 0 bridgehead atoms. The zero-order chi connectivity index (χ0) is 14.4. The first kappa shape index (κ1) is 15.3. The fourth-order valence-corrected chi connectivity index (χ4v) is 1.75. The molecule has 19 heavy (non-hydrogen) atoms. The van der Waals surface area contributed by atoms with Crippen LogP contribution in [0, 0.1) is 6.92 Å². The lowest BCUT2D eigenvalue weighted by molar-refractivity contribution is -0.144. The molecule has 1 aromatic carbocycles. The van der Waals surface area contributed by atoms with Crippen molar-refractivity contribution in [1.82, 2.24) is 5.32 Å². The van der Waals surface area contributed by atoms with Gasteiger partial charge in [0.1, 0.15) is 6.04 Å². The monoisotopic (exact) mass is 284 g/mol. The molecule has 2 N–H and O–H groups in total. The van der Waals surface area contributed by atoms with Crippen LogP contribution in [0.2, 0.25) is 5.02 Å². The molecule has 6 heteroatoms. The van der Waals surface area contributed by atoms with E-state index >= 15 is 0 Å². The number of aryl methyl sites for hydroxylation is 1. The van der Waals surface area contributed by atoms with Gasteiger partial charge in [0.15, 0.2) is 0 Å². The van der Waals surface area contributed by atoms with E-state index < -0.39 is 12.0 Å². The molecule has 1 unspecified atom stereocenters. The molecule has 1 atom stereocenters. The third-order valence-electron chi connectivity index (χ3n) is 2.56. The molecule has 0 fully saturated rings. The minimum atomic E-state index is -0.735. The van der Waals surface area contributed by atoms with Gasteiger partial charge in [-0.15, -0.1) is 0 Å². The van der Waals surface area contributed by atoms with Crippen molar-refractivity contribution in [3.05, 3.63) is 28.8 Å². The van der Waals surface area contributed by atoms with Crippen molar-refractivity contribution in [1.29, 1.82) is 0 Å². The number of anilines is 1. The minimum Gasteiger partial charge on any atom is -0.467 e. The highest BCUT2D eigenvalue weighted by atomic mass is 35.5. The van der Waals surface area contributed by atoms with Gasteiger partial charge in [-0.05, 0) is 24.6 Å². The Hall–Kier alpha value is -1.75. The predicted molar refractivity (Wildman–Crippen MR) is 74.3 cm³/mol. The van der Waals surface area contributed by atoms with E-state index in [-0.39, 0.29) is 12.5 Å². The highest BCUT2D eigenvalue weighted by molar-refractivity contribution is 6.30. The quantitative estimate of drug-likeness (QED) is 0.808. The van der Waals surface area contributed by atoms with Crippen LogP contribution in [-0.2, 0) is 14.3 Å². The molecule has 0 spiro atoms. The smallest absolute Gasteiger partial charge is 0.330 e. The van der Waals surface area contributed by atoms with E-state index in [2.05, 4.69) is 15.4 Å². The second-order valence-corrected chi connectivity index (χ2v) is 4.55. The number of nitrogens with one attached hydrogen (secondary N) is 2. The maximum absolute atomic E-state index is 11.5. The van der Waals surface area contributed by atoms with Gasteiger partial charge in [0.2, 0.25) is 5.91 Å². The maximum atomic E-state index is 11.5. The second-order valence-electron chi connectivity index (χ2n) is 4.12. The summed E-state index contributed by atoms with van der Waals surface area (Å²) in [6, 6.07) is 4.68. The Kier molecular flexibility index (Phi) is 5.63. The number of rotatable bonds is 5. The van der Waals surface area contributed by atoms with E-state index in [0.717, 1.165) is 11.3 Å². The van der Waals surface area contributed by atoms with Crippen molar-refractivity contribution < 1.29 is 14.3 Å². The summed E-state index contributed by atoms with van der Waals surface area (Å²) >= 11 is 5.90. The van der Waals surface area contributed by atoms with Crippen LogP contribution < -0.4 is 10.6 Å². The minimum absolute atomic E-state index is 0.230. The Balaban J connectivity index is 2.72. The van der Waals surface area contributed by atoms with Gasteiger partial charge in [0, 0.05) is 24.2 Å². The lowest BCUT2D eigenvalue weighted by atomic mass is 10.2. The van der Waals surface area contributed by atoms with E-state index in [1.54, 1.807) is 12.1 Å². The van der Waals surface area contributed by atoms with Crippen LogP contribution in [0.5, 0.6) is 0 Å². The summed E-state index contributed by atoms with van der Waals surface area (Å²) < 4.78 is 4.64. The van der Waals surface area contributed by atoms with Crippen LogP contribution in [0.25, 0.3) is 0 Å². The van der Waals surface area contributed by atoms with Gasteiger partial charge in [0.25, 0.3) is 0 Å². The molecule has 104 valence electrons. The van der Waals surface area contributed by atoms with Crippen molar-refractivity contribution in [2.24, 2.45) is 0 Å². The van der Waals surface area contributed by atoms with Crippen LogP contribution in [0.15, 0.2) is 18.2 Å². The zero-order valence-corrected chi connectivity index (χ0v) is 11.9. The summed E-state index contributed by atoms with van der Waals surface area (Å²) in [4.78, 5) is 22.6. The number of hydrogen-bond acceptors (Lipinski definition) is 4. The second kappa shape index (κ2) is 6.99. The molecule has 1 amide bonds. The van der Waals surface area contributed by atoms with Crippen molar-refractivity contribution in [2.45, 2.75) is 19.9 Å². The van der Waals surface area contributed by atoms with E-state index in [9.17, 15) is 9.59 Å². The third-order valence-corrected chi connectivity index (χ3v) is 2.79. The standard InChI is InChI=1S/C13H17ClN2O3/c1-8-4-5-10(14)6-11(8)15-7-12(13(18)19-3)16-9(2)17/h4-6,12,15H,7H2,1-3H3,(H,16,17).